The lowest BCUT2D eigenvalue weighted by molar-refractivity contribution is 0.240. The summed E-state index contributed by atoms with van der Waals surface area (Å²) in [5, 5.41) is 27.2. The number of carbonyl (C=O) groups excluding carboxylic acids is 1. The number of benzene rings is 1. The number of nitriles is 1. The molecule has 1 aliphatic heterocycles. The second kappa shape index (κ2) is 14.2. The molecule has 232 valence electrons. The van der Waals surface area contributed by atoms with E-state index in [9.17, 15) is 10.1 Å². The van der Waals surface area contributed by atoms with Gasteiger partial charge in [-0.25, -0.2) is 14.8 Å². The zero-order valence-electron chi connectivity index (χ0n) is 25.5. The molecule has 0 bridgehead atoms. The summed E-state index contributed by atoms with van der Waals surface area (Å²) in [6.45, 7) is 2.18. The Morgan fingerprint density at radius 2 is 1.89 bits per heavy atom. The highest BCUT2D eigenvalue weighted by Gasteiger charge is 2.31. The Kier molecular flexibility index (Phi) is 9.46. The summed E-state index contributed by atoms with van der Waals surface area (Å²) < 4.78 is 1.76. The van der Waals surface area contributed by atoms with Gasteiger partial charge in [0.05, 0.1) is 12.4 Å². The molecule has 0 spiro atoms. The molecule has 4 heterocycles. The highest BCUT2D eigenvalue weighted by Crippen LogP contribution is 2.30. The molecule has 2 aliphatic rings. The van der Waals surface area contributed by atoms with Crippen LogP contribution < -0.4 is 26.2 Å². The van der Waals surface area contributed by atoms with E-state index in [0.717, 1.165) is 68.3 Å². The normalized spacial score (nSPS) is 19.4. The van der Waals surface area contributed by atoms with Gasteiger partial charge in [0, 0.05) is 61.8 Å². The number of hydrogen-bond donors (Lipinski definition) is 4. The van der Waals surface area contributed by atoms with E-state index in [1.54, 1.807) is 23.3 Å². The quantitative estimate of drug-likeness (QED) is 0.206. The largest absolute Gasteiger partial charge is 0.367 e. The standard InChI is InChI=1S/C33H39N11O/c1-43-22-26(20-40-43)24-9-14-30(36-18-24)44(33(45)39-17-23-6-3-2-4-7-23)29-12-10-27(11-13-29)41-32-38-19-25(16-34)31(42-32)37-21-28-8-5-15-35-28/h2-4,6-7,9,14,18-20,22,27-29,35H,5,8,10-13,15,17,21H2,1H3,(H,39,45)(H2,37,38,41,42)/t27-,28?,29-. The van der Waals surface area contributed by atoms with E-state index in [-0.39, 0.29) is 18.1 Å². The number of nitrogens with zero attached hydrogens (tertiary/aromatic N) is 7. The fourth-order valence-corrected chi connectivity index (χ4v) is 6.06. The highest BCUT2D eigenvalue weighted by molar-refractivity contribution is 5.91. The van der Waals surface area contributed by atoms with Crippen LogP contribution in [0.15, 0.2) is 67.3 Å². The fraction of sp³-hybridized carbons (Fsp3) is 0.394. The Hall–Kier alpha value is -5.02. The third-order valence-electron chi connectivity index (χ3n) is 8.52. The Morgan fingerprint density at radius 1 is 1.04 bits per heavy atom. The van der Waals surface area contributed by atoms with Crippen molar-refractivity contribution in [2.24, 2.45) is 7.05 Å². The van der Waals surface area contributed by atoms with Crippen LogP contribution in [-0.2, 0) is 13.6 Å². The van der Waals surface area contributed by atoms with E-state index < -0.39 is 0 Å². The first kappa shape index (κ1) is 30.0. The molecule has 12 heteroatoms. The molecule has 1 unspecified atom stereocenters. The van der Waals surface area contributed by atoms with Crippen molar-refractivity contribution in [3.8, 4) is 17.2 Å². The molecule has 4 N–H and O–H groups in total. The summed E-state index contributed by atoms with van der Waals surface area (Å²) in [4.78, 5) is 29.3. The maximum Gasteiger partial charge on any atom is 0.323 e. The number of rotatable bonds is 10. The van der Waals surface area contributed by atoms with Crippen molar-refractivity contribution in [2.75, 3.05) is 28.6 Å². The van der Waals surface area contributed by atoms with Gasteiger partial charge in [-0.1, -0.05) is 30.3 Å². The van der Waals surface area contributed by atoms with Crippen LogP contribution in [0.4, 0.5) is 22.4 Å². The summed E-state index contributed by atoms with van der Waals surface area (Å²) in [7, 11) is 1.88. The predicted molar refractivity (Wildman–Crippen MR) is 174 cm³/mol. The molecule has 0 radical (unpaired) electrons. The zero-order valence-corrected chi connectivity index (χ0v) is 25.5. The van der Waals surface area contributed by atoms with Crippen LogP contribution in [0.2, 0.25) is 0 Å². The second-order valence-corrected chi connectivity index (χ2v) is 11.7. The third-order valence-corrected chi connectivity index (χ3v) is 8.52. The molecule has 1 aliphatic carbocycles. The minimum atomic E-state index is -0.167. The second-order valence-electron chi connectivity index (χ2n) is 11.7. The number of hydrogen-bond acceptors (Lipinski definition) is 9. The van der Waals surface area contributed by atoms with Gasteiger partial charge in [0.15, 0.2) is 0 Å². The van der Waals surface area contributed by atoms with Crippen LogP contribution in [0, 0.1) is 11.3 Å². The SMILES string of the molecule is Cn1cc(-c2ccc(N(C(=O)NCc3ccccc3)[C@H]3CC[C@H](Nc4ncc(C#N)c(NCC5CCCN5)n4)CC3)nc2)cn1. The van der Waals surface area contributed by atoms with Crippen molar-refractivity contribution in [2.45, 2.75) is 63.2 Å². The molecule has 12 nitrogen and oxygen atoms in total. The average Bonchev–Trinajstić information content (AvgIpc) is 3.77. The first-order valence-corrected chi connectivity index (χ1v) is 15.6. The molecule has 1 saturated heterocycles. The number of amides is 2. The van der Waals surface area contributed by atoms with E-state index in [2.05, 4.69) is 42.4 Å². The average molecular weight is 606 g/mol. The Labute approximate surface area is 263 Å². The highest BCUT2D eigenvalue weighted by atomic mass is 16.2. The number of aromatic nitrogens is 5. The molecular formula is C33H39N11O. The molecule has 6 rings (SSSR count). The van der Waals surface area contributed by atoms with Gasteiger partial charge in [0.2, 0.25) is 5.95 Å². The summed E-state index contributed by atoms with van der Waals surface area (Å²) in [6, 6.07) is 16.3. The van der Waals surface area contributed by atoms with Crippen LogP contribution in [0.25, 0.3) is 11.1 Å². The molecule has 1 saturated carbocycles. The molecule has 45 heavy (non-hydrogen) atoms. The van der Waals surface area contributed by atoms with Gasteiger partial charge in [-0.05, 0) is 62.8 Å². The number of carbonyl (C=O) groups is 1. The predicted octanol–water partition coefficient (Wildman–Crippen LogP) is 4.45. The fourth-order valence-electron chi connectivity index (χ4n) is 6.06. The topological polar surface area (TPSA) is 149 Å². The van der Waals surface area contributed by atoms with Crippen molar-refractivity contribution in [1.29, 1.82) is 5.26 Å². The van der Waals surface area contributed by atoms with Crippen molar-refractivity contribution in [1.82, 2.24) is 35.4 Å². The van der Waals surface area contributed by atoms with Crippen molar-refractivity contribution in [3.63, 3.8) is 0 Å². The van der Waals surface area contributed by atoms with E-state index in [0.29, 0.717) is 35.7 Å². The maximum atomic E-state index is 13.7. The molecular weight excluding hydrogens is 566 g/mol. The number of anilines is 3. The molecule has 4 aromatic rings. The third kappa shape index (κ3) is 7.56. The van der Waals surface area contributed by atoms with Gasteiger partial charge >= 0.3 is 6.03 Å². The van der Waals surface area contributed by atoms with Crippen molar-refractivity contribution in [3.05, 3.63) is 78.4 Å². The monoisotopic (exact) mass is 605 g/mol. The number of pyridine rings is 1. The van der Waals surface area contributed by atoms with Crippen molar-refractivity contribution < 1.29 is 4.79 Å². The Bertz CT molecular complexity index is 1600. The minimum Gasteiger partial charge on any atom is -0.367 e. The van der Waals surface area contributed by atoms with Crippen LogP contribution in [0.3, 0.4) is 0 Å². The lowest BCUT2D eigenvalue weighted by atomic mass is 9.90. The summed E-state index contributed by atoms with van der Waals surface area (Å²) in [5.41, 5.74) is 3.39. The van der Waals surface area contributed by atoms with E-state index in [1.807, 2.05) is 60.6 Å². The van der Waals surface area contributed by atoms with Crippen molar-refractivity contribution >= 4 is 23.6 Å². The molecule has 1 aromatic carbocycles. The van der Waals surface area contributed by atoms with Gasteiger partial charge < -0.3 is 21.3 Å². The van der Waals surface area contributed by atoms with Gasteiger partial charge in [-0.15, -0.1) is 0 Å². The van der Waals surface area contributed by atoms with E-state index in [1.165, 1.54) is 0 Å². The molecule has 2 amide bonds. The van der Waals surface area contributed by atoms with Gasteiger partial charge in [-0.3, -0.25) is 9.58 Å². The van der Waals surface area contributed by atoms with Crippen LogP contribution in [0.1, 0.15) is 49.7 Å². The minimum absolute atomic E-state index is 0.0198. The smallest absolute Gasteiger partial charge is 0.323 e. The molecule has 3 aromatic heterocycles. The molecule has 1 atom stereocenters. The first-order valence-electron chi connectivity index (χ1n) is 15.6. The Morgan fingerprint density at radius 3 is 2.58 bits per heavy atom. The van der Waals surface area contributed by atoms with E-state index in [4.69, 9.17) is 4.98 Å². The number of urea groups is 1. The van der Waals surface area contributed by atoms with Crippen LogP contribution in [-0.4, -0.2) is 62.0 Å². The number of aryl methyl sites for hydroxylation is 1. The van der Waals surface area contributed by atoms with E-state index >= 15 is 0 Å². The Balaban J connectivity index is 1.12. The van der Waals surface area contributed by atoms with Gasteiger partial charge in [0.1, 0.15) is 23.3 Å². The maximum absolute atomic E-state index is 13.7. The van der Waals surface area contributed by atoms with Crippen LogP contribution >= 0.6 is 0 Å². The number of nitrogens with one attached hydrogen (secondary N) is 4. The molecule has 2 fully saturated rings. The lowest BCUT2D eigenvalue weighted by Gasteiger charge is -2.36. The lowest BCUT2D eigenvalue weighted by Crippen LogP contribution is -2.49. The summed E-state index contributed by atoms with van der Waals surface area (Å²) >= 11 is 0. The zero-order chi connectivity index (χ0) is 31.0. The van der Waals surface area contributed by atoms with Gasteiger partial charge in [0.25, 0.3) is 0 Å². The van der Waals surface area contributed by atoms with Gasteiger partial charge in [-0.2, -0.15) is 15.3 Å². The van der Waals surface area contributed by atoms with Crippen LogP contribution in [0.5, 0.6) is 0 Å². The summed E-state index contributed by atoms with van der Waals surface area (Å²) in [6.07, 6.45) is 12.6. The summed E-state index contributed by atoms with van der Waals surface area (Å²) in [5.74, 6) is 1.68. The first-order chi connectivity index (χ1) is 22.1.